The van der Waals surface area contributed by atoms with Gasteiger partial charge in [0.05, 0.1) is 10.6 Å². The third-order valence-corrected chi connectivity index (χ3v) is 2.10. The Morgan fingerprint density at radius 1 is 1.31 bits per heavy atom. The predicted molar refractivity (Wildman–Crippen MR) is 57.0 cm³/mol. The van der Waals surface area contributed by atoms with Gasteiger partial charge < -0.3 is 5.73 Å². The van der Waals surface area contributed by atoms with E-state index in [4.69, 9.17) is 17.3 Å². The fraction of sp³-hybridized carbons (Fsp3) is 0.273. The van der Waals surface area contributed by atoms with Crippen LogP contribution in [0.2, 0.25) is 5.02 Å². The number of hydrogen-bond donors (Lipinski definition) is 1. The van der Waals surface area contributed by atoms with Crippen molar-refractivity contribution in [3.8, 4) is 11.8 Å². The Hall–Kier alpha value is -1.18. The number of benzene rings is 1. The maximum absolute atomic E-state index is 12.3. The van der Waals surface area contributed by atoms with Crippen molar-refractivity contribution in [3.05, 3.63) is 34.3 Å². The fourth-order valence-corrected chi connectivity index (χ4v) is 1.25. The molecule has 0 atom stereocenters. The molecule has 1 nitrogen and oxygen atoms in total. The van der Waals surface area contributed by atoms with Crippen LogP contribution < -0.4 is 5.73 Å². The standard InChI is InChI=1S/C11H9ClF3N/c12-10-7-9(11(13,14)15)5-4-8(10)3-1-2-6-16/h4-5,7H,2,6,16H2. The molecule has 2 N–H and O–H groups in total. The van der Waals surface area contributed by atoms with Gasteiger partial charge in [0, 0.05) is 18.5 Å². The Bertz CT molecular complexity index is 429. The summed E-state index contributed by atoms with van der Waals surface area (Å²) < 4.78 is 36.9. The molecule has 0 heterocycles. The van der Waals surface area contributed by atoms with Crippen molar-refractivity contribution in [1.82, 2.24) is 0 Å². The summed E-state index contributed by atoms with van der Waals surface area (Å²) >= 11 is 5.68. The van der Waals surface area contributed by atoms with Crippen molar-refractivity contribution in [2.24, 2.45) is 5.73 Å². The zero-order chi connectivity index (χ0) is 12.2. The molecule has 0 amide bonds. The van der Waals surface area contributed by atoms with Gasteiger partial charge in [-0.3, -0.25) is 0 Å². The lowest BCUT2D eigenvalue weighted by Crippen LogP contribution is -2.04. The van der Waals surface area contributed by atoms with Crippen LogP contribution in [0.1, 0.15) is 17.5 Å². The molecule has 1 aromatic carbocycles. The van der Waals surface area contributed by atoms with Crippen molar-refractivity contribution >= 4 is 11.6 Å². The van der Waals surface area contributed by atoms with Gasteiger partial charge in [0.25, 0.3) is 0 Å². The van der Waals surface area contributed by atoms with Crippen LogP contribution in [0.3, 0.4) is 0 Å². The average molecular weight is 248 g/mol. The Labute approximate surface area is 96.4 Å². The molecule has 0 aliphatic carbocycles. The van der Waals surface area contributed by atoms with Crippen molar-refractivity contribution in [1.29, 1.82) is 0 Å². The van der Waals surface area contributed by atoms with Crippen LogP contribution in [0.25, 0.3) is 0 Å². The molecule has 0 bridgehead atoms. The maximum Gasteiger partial charge on any atom is 0.416 e. The molecule has 0 unspecified atom stereocenters. The molecule has 0 radical (unpaired) electrons. The largest absolute Gasteiger partial charge is 0.416 e. The number of hydrogen-bond acceptors (Lipinski definition) is 1. The van der Waals surface area contributed by atoms with E-state index >= 15 is 0 Å². The van der Waals surface area contributed by atoms with E-state index in [9.17, 15) is 13.2 Å². The summed E-state index contributed by atoms with van der Waals surface area (Å²) in [6, 6.07) is 3.08. The second-order valence-electron chi connectivity index (χ2n) is 3.03. The molecule has 0 aliphatic heterocycles. The van der Waals surface area contributed by atoms with E-state index in [0.29, 0.717) is 18.5 Å². The number of alkyl halides is 3. The molecular weight excluding hydrogens is 239 g/mol. The summed E-state index contributed by atoms with van der Waals surface area (Å²) in [5.74, 6) is 5.37. The number of nitrogens with two attached hydrogens (primary N) is 1. The lowest BCUT2D eigenvalue weighted by Gasteiger charge is -2.07. The van der Waals surface area contributed by atoms with E-state index in [1.54, 1.807) is 0 Å². The van der Waals surface area contributed by atoms with Gasteiger partial charge in [0.2, 0.25) is 0 Å². The highest BCUT2D eigenvalue weighted by molar-refractivity contribution is 6.31. The molecule has 16 heavy (non-hydrogen) atoms. The Morgan fingerprint density at radius 3 is 2.50 bits per heavy atom. The highest BCUT2D eigenvalue weighted by Gasteiger charge is 2.30. The minimum absolute atomic E-state index is 0.000605. The Balaban J connectivity index is 2.98. The van der Waals surface area contributed by atoms with Gasteiger partial charge in [-0.15, -0.1) is 0 Å². The van der Waals surface area contributed by atoms with Gasteiger partial charge in [-0.2, -0.15) is 13.2 Å². The minimum Gasteiger partial charge on any atom is -0.330 e. The van der Waals surface area contributed by atoms with Crippen LogP contribution in [0.5, 0.6) is 0 Å². The zero-order valence-electron chi connectivity index (χ0n) is 8.24. The maximum atomic E-state index is 12.3. The molecule has 0 saturated carbocycles. The van der Waals surface area contributed by atoms with Gasteiger partial charge in [0.15, 0.2) is 0 Å². The highest BCUT2D eigenvalue weighted by Crippen LogP contribution is 2.31. The van der Waals surface area contributed by atoms with Gasteiger partial charge >= 0.3 is 6.18 Å². The second kappa shape index (κ2) is 5.24. The molecule has 1 aromatic rings. The molecule has 0 spiro atoms. The molecule has 86 valence electrons. The molecule has 0 fully saturated rings. The molecule has 0 aliphatic rings. The van der Waals surface area contributed by atoms with Crippen LogP contribution in [-0.4, -0.2) is 6.54 Å². The highest BCUT2D eigenvalue weighted by atomic mass is 35.5. The Kier molecular flexibility index (Phi) is 4.22. The first-order valence-electron chi connectivity index (χ1n) is 4.51. The van der Waals surface area contributed by atoms with Gasteiger partial charge in [-0.25, -0.2) is 0 Å². The van der Waals surface area contributed by atoms with Crippen LogP contribution >= 0.6 is 11.6 Å². The summed E-state index contributed by atoms with van der Waals surface area (Å²) in [6.45, 7) is 0.408. The van der Waals surface area contributed by atoms with Crippen molar-refractivity contribution in [2.45, 2.75) is 12.6 Å². The first-order valence-corrected chi connectivity index (χ1v) is 4.88. The number of rotatable bonds is 1. The zero-order valence-corrected chi connectivity index (χ0v) is 8.99. The summed E-state index contributed by atoms with van der Waals surface area (Å²) in [5, 5.41) is -0.000605. The smallest absolute Gasteiger partial charge is 0.330 e. The number of halogens is 4. The van der Waals surface area contributed by atoms with Crippen molar-refractivity contribution in [2.75, 3.05) is 6.54 Å². The van der Waals surface area contributed by atoms with Crippen LogP contribution in [0.15, 0.2) is 18.2 Å². The van der Waals surface area contributed by atoms with Gasteiger partial charge in [-0.05, 0) is 18.2 Å². The third-order valence-electron chi connectivity index (χ3n) is 1.79. The van der Waals surface area contributed by atoms with Crippen molar-refractivity contribution < 1.29 is 13.2 Å². The van der Waals surface area contributed by atoms with Crippen molar-refractivity contribution in [3.63, 3.8) is 0 Å². The third kappa shape index (κ3) is 3.44. The Morgan fingerprint density at radius 2 is 2.00 bits per heavy atom. The van der Waals surface area contributed by atoms with Gasteiger partial charge in [-0.1, -0.05) is 23.4 Å². The first kappa shape index (κ1) is 12.9. The fourth-order valence-electron chi connectivity index (χ4n) is 1.02. The predicted octanol–water partition coefficient (Wildman–Crippen LogP) is 3.06. The summed E-state index contributed by atoms with van der Waals surface area (Å²) in [7, 11) is 0. The lowest BCUT2D eigenvalue weighted by molar-refractivity contribution is -0.137. The molecule has 1 rings (SSSR count). The van der Waals surface area contributed by atoms with Gasteiger partial charge in [0.1, 0.15) is 0 Å². The molecule has 0 saturated heterocycles. The van der Waals surface area contributed by atoms with E-state index in [-0.39, 0.29) is 5.02 Å². The quantitative estimate of drug-likeness (QED) is 0.759. The SMILES string of the molecule is NCCC#Cc1ccc(C(F)(F)F)cc1Cl. The first-order chi connectivity index (χ1) is 7.45. The van der Waals surface area contributed by atoms with E-state index < -0.39 is 11.7 Å². The molecule has 0 aromatic heterocycles. The lowest BCUT2D eigenvalue weighted by atomic mass is 10.1. The van der Waals surface area contributed by atoms with E-state index in [0.717, 1.165) is 12.1 Å². The minimum atomic E-state index is -4.38. The van der Waals surface area contributed by atoms with Crippen LogP contribution in [-0.2, 0) is 6.18 Å². The van der Waals surface area contributed by atoms with Crippen LogP contribution in [0.4, 0.5) is 13.2 Å². The summed E-state index contributed by atoms with van der Waals surface area (Å²) in [5.41, 5.74) is 4.83. The van der Waals surface area contributed by atoms with E-state index in [1.807, 2.05) is 0 Å². The van der Waals surface area contributed by atoms with E-state index in [1.165, 1.54) is 6.07 Å². The molecular formula is C11H9ClF3N. The summed E-state index contributed by atoms with van der Waals surface area (Å²) in [6.07, 6.45) is -3.90. The monoisotopic (exact) mass is 247 g/mol. The topological polar surface area (TPSA) is 26.0 Å². The normalized spacial score (nSPS) is 10.8. The van der Waals surface area contributed by atoms with E-state index in [2.05, 4.69) is 11.8 Å². The van der Waals surface area contributed by atoms with Crippen LogP contribution in [0, 0.1) is 11.8 Å². The second-order valence-corrected chi connectivity index (χ2v) is 3.44. The average Bonchev–Trinajstić information content (AvgIpc) is 2.19. The summed E-state index contributed by atoms with van der Waals surface area (Å²) in [4.78, 5) is 0. The molecule has 5 heteroatoms.